The monoisotopic (exact) mass is 1600 g/mol. The number of ketones is 4. The van der Waals surface area contributed by atoms with Crippen molar-refractivity contribution < 1.29 is 75.1 Å². The second-order valence-corrected chi connectivity index (χ2v) is 26.1. The summed E-state index contributed by atoms with van der Waals surface area (Å²) < 4.78 is 60.1. The van der Waals surface area contributed by atoms with Crippen LogP contribution in [0.15, 0.2) is 91.6 Å². The summed E-state index contributed by atoms with van der Waals surface area (Å²) in [5, 5.41) is 43.4. The molecule has 31 nitrogen and oxygen atoms in total. The Morgan fingerprint density at radius 2 is 0.809 bits per heavy atom. The van der Waals surface area contributed by atoms with Crippen LogP contribution in [0.2, 0.25) is 5.02 Å². The van der Waals surface area contributed by atoms with Gasteiger partial charge in [0.05, 0.1) is 48.1 Å². The Kier molecular flexibility index (Phi) is 30.7. The van der Waals surface area contributed by atoms with Gasteiger partial charge in [0.15, 0.2) is 17.5 Å². The van der Waals surface area contributed by atoms with Gasteiger partial charge in [-0.1, -0.05) is 54.4 Å². The molecule has 10 aromatic rings. The van der Waals surface area contributed by atoms with Crippen molar-refractivity contribution in [2.24, 2.45) is 28.2 Å². The molecule has 115 heavy (non-hydrogen) atoms. The first-order valence-electron chi connectivity index (χ1n) is 34.3. The maximum atomic E-state index is 13.8. The number of aryl methyl sites for hydroxylation is 3. The van der Waals surface area contributed by atoms with Crippen LogP contribution in [-0.4, -0.2) is 138 Å². The first kappa shape index (κ1) is 89.8. The Bertz CT molecular complexity index is 5370. The third-order valence-corrected chi connectivity index (χ3v) is 18.6. The van der Waals surface area contributed by atoms with E-state index in [0.29, 0.717) is 72.7 Å². The molecule has 8 amide bonds. The predicted octanol–water partition coefficient (Wildman–Crippen LogP) is 9.39. The first-order valence-corrected chi connectivity index (χ1v) is 34.7. The number of amides is 8. The highest BCUT2D eigenvalue weighted by Crippen LogP contribution is 2.30. The van der Waals surface area contributed by atoms with E-state index in [1.807, 2.05) is 6.92 Å². The lowest BCUT2D eigenvalue weighted by molar-refractivity contribution is -0.117. The number of halogens is 5. The van der Waals surface area contributed by atoms with Crippen molar-refractivity contribution in [1.29, 1.82) is 0 Å². The molecule has 0 fully saturated rings. The molecular formula is C79H84ClF4N19O12. The molecule has 4 aromatic carbocycles. The summed E-state index contributed by atoms with van der Waals surface area (Å²) in [4.78, 5) is 150. The maximum absolute atomic E-state index is 13.8. The van der Waals surface area contributed by atoms with E-state index in [9.17, 15) is 75.1 Å². The highest BCUT2D eigenvalue weighted by molar-refractivity contribution is 6.45. The summed E-state index contributed by atoms with van der Waals surface area (Å²) in [5.41, 5.74) is 8.18. The molecule has 10 rings (SSSR count). The zero-order valence-electron chi connectivity index (χ0n) is 64.5. The smallest absolute Gasteiger partial charge is 0.293 e. The molecule has 36 heteroatoms. The Morgan fingerprint density at radius 1 is 0.461 bits per heavy atom. The van der Waals surface area contributed by atoms with Crippen LogP contribution in [0.3, 0.4) is 0 Å². The second kappa shape index (κ2) is 39.2. The quantitative estimate of drug-likeness (QED) is 0.00936. The fraction of sp³-hybridized carbons (Fsp3) is 0.253. The van der Waals surface area contributed by atoms with E-state index in [1.165, 1.54) is 46.5 Å². The fourth-order valence-electron chi connectivity index (χ4n) is 11.9. The van der Waals surface area contributed by atoms with Crippen LogP contribution in [-0.2, 0) is 60.5 Å². The molecule has 0 spiro atoms. The van der Waals surface area contributed by atoms with Gasteiger partial charge in [0.25, 0.3) is 70.4 Å². The second-order valence-electron chi connectivity index (χ2n) is 25.7. The van der Waals surface area contributed by atoms with Gasteiger partial charge in [-0.3, -0.25) is 57.5 Å². The number of rotatable bonds is 23. The third-order valence-electron chi connectivity index (χ3n) is 18.2. The summed E-state index contributed by atoms with van der Waals surface area (Å²) >= 11 is 6.09. The average molecular weight is 1600 g/mol. The number of hydrogen-bond acceptors (Lipinski definition) is 17. The number of benzene rings is 4. The number of tetrazole rings is 1. The third kappa shape index (κ3) is 21.0. The van der Waals surface area contributed by atoms with Crippen LogP contribution in [0, 0.1) is 112 Å². The van der Waals surface area contributed by atoms with Crippen molar-refractivity contribution in [2.45, 2.75) is 96.7 Å². The van der Waals surface area contributed by atoms with Crippen LogP contribution in [0.25, 0.3) is 0 Å². The minimum Gasteiger partial charge on any atom is -0.346 e. The highest BCUT2D eigenvalue weighted by atomic mass is 35.5. The summed E-state index contributed by atoms with van der Waals surface area (Å²) in [6.07, 6.45) is 7.97. The molecule has 6 aromatic heterocycles. The predicted molar refractivity (Wildman–Crippen MR) is 420 cm³/mol. The van der Waals surface area contributed by atoms with Crippen LogP contribution < -0.4 is 42.5 Å². The van der Waals surface area contributed by atoms with E-state index in [4.69, 9.17) is 18.0 Å². The van der Waals surface area contributed by atoms with Crippen LogP contribution in [0.4, 0.5) is 40.3 Å². The highest BCUT2D eigenvalue weighted by Gasteiger charge is 2.33. The molecule has 0 atom stereocenters. The Labute approximate surface area is 662 Å². The van der Waals surface area contributed by atoms with Gasteiger partial charge in [-0.2, -0.15) is 20.6 Å². The lowest BCUT2D eigenvalue weighted by Crippen LogP contribution is -2.31. The number of terminal acetylenes is 1. The topological polar surface area (TPSA) is 417 Å². The van der Waals surface area contributed by atoms with Gasteiger partial charge in [-0.05, 0) is 164 Å². The summed E-state index contributed by atoms with van der Waals surface area (Å²) in [6.45, 7) is 21.6. The van der Waals surface area contributed by atoms with Crippen LogP contribution >= 0.6 is 11.6 Å². The van der Waals surface area contributed by atoms with Crippen molar-refractivity contribution in [3.05, 3.63) is 238 Å². The average Bonchev–Trinajstić information content (AvgIpc) is 1.65. The van der Waals surface area contributed by atoms with Crippen molar-refractivity contribution in [1.82, 2.24) is 75.6 Å². The normalized spacial score (nSPS) is 10.4. The number of H-pyrrole nitrogens is 2. The van der Waals surface area contributed by atoms with Crippen molar-refractivity contribution in [3.8, 4) is 12.3 Å². The van der Waals surface area contributed by atoms with Crippen molar-refractivity contribution >= 4 is 105 Å². The minimum atomic E-state index is -1.10. The lowest BCUT2D eigenvalue weighted by Gasteiger charge is -2.09. The maximum Gasteiger partial charge on any atom is 0.293 e. The molecule has 0 aliphatic carbocycles. The number of anilines is 4. The number of aromatic nitrogens is 11. The van der Waals surface area contributed by atoms with E-state index in [2.05, 4.69) is 91.1 Å². The van der Waals surface area contributed by atoms with Gasteiger partial charge >= 0.3 is 0 Å². The minimum absolute atomic E-state index is 0. The number of hydrogen-bond donors (Lipinski definition) is 10. The van der Waals surface area contributed by atoms with Crippen molar-refractivity contribution in [3.63, 3.8) is 0 Å². The van der Waals surface area contributed by atoms with E-state index in [1.54, 1.807) is 142 Å². The molecule has 0 saturated carbocycles. The molecule has 0 saturated heterocycles. The number of aromatic amines is 2. The summed E-state index contributed by atoms with van der Waals surface area (Å²) in [6, 6.07) is 16.9. The SMILES string of the molecule is C.C#CCNC(=O)C(=O)c1c(C)c(C(=O)Nc2ccc(C)c(Cl)c2)n(C)c1C.C=CCNC(=O)C(=O)c1c(C)c(C(=O)Nc2ccc(C)c(F)c2)n(C)c1C.Cc1c(C(=O)C(=O)NCc2cn[nH]n2)c(C)n(C)c1C(=O)Nc1ccc(F)c(F)c1.Cc1ccc(NC(=O)c2c(C)c(C(=O)C(=O)NCc3nn[nH]n3)c(C)n2C)cc1F. The van der Waals surface area contributed by atoms with Gasteiger partial charge in [0.2, 0.25) is 0 Å². The van der Waals surface area contributed by atoms with Crippen molar-refractivity contribution in [2.75, 3.05) is 34.4 Å². The van der Waals surface area contributed by atoms with E-state index in [-0.39, 0.29) is 101 Å². The molecule has 602 valence electrons. The number of carbonyl (C=O) groups is 12. The summed E-state index contributed by atoms with van der Waals surface area (Å²) in [7, 11) is 6.47. The molecule has 6 heterocycles. The molecule has 0 unspecified atom stereocenters. The number of nitrogens with zero attached hydrogens (tertiary/aromatic N) is 9. The van der Waals surface area contributed by atoms with E-state index >= 15 is 0 Å². The largest absolute Gasteiger partial charge is 0.346 e. The standard InChI is InChI=1S/C20H20ClN3O3.C20H22FN3O3.C19H18F2N6O3.C19H20FN7O3.CH4/c2*1-6-9-22-20(27)18(25)16-12(3)17(24(5)13(16)4)19(26)23-14-8-7-11(2)15(21)10-14;1-9-15(17(28)19(30)22-7-12-8-23-26-25-12)10(2)27(3)16(9)18(29)24-11-4-5-13(20)14(21)6-11;1-9-5-6-12(7-13(9)20)22-18(29)16-10(2)15(11(3)27(16)4)17(28)19(30)21-8-14-23-25-26-24-14;/h1,7-8,10H,9H2,2-5H3,(H,22,27)(H,23,26);6-8,10H,1,9H2,2-5H3,(H,22,27)(H,23,26);4-6,8H,7H2,1-3H3,(H,22,30)(H,24,29)(H,23,25,26);5-7H,8H2,1-4H3,(H,21,30)(H,22,29)(H,23,24,25,26);1H4. The number of carbonyl (C=O) groups excluding carboxylic acids is 12. The Hall–Kier alpha value is -14.0. The van der Waals surface area contributed by atoms with Gasteiger partial charge in [-0.25, -0.2) is 17.6 Å². The summed E-state index contributed by atoms with van der Waals surface area (Å²) in [5.74, 6) is -8.93. The van der Waals surface area contributed by atoms with Gasteiger partial charge in [0.1, 0.15) is 40.1 Å². The van der Waals surface area contributed by atoms with E-state index in [0.717, 1.165) is 17.7 Å². The molecule has 0 bridgehead atoms. The lowest BCUT2D eigenvalue weighted by atomic mass is 10.0. The molecule has 0 radical (unpaired) electrons. The molecule has 0 aliphatic rings. The fourth-order valence-corrected chi connectivity index (χ4v) is 12.0. The van der Waals surface area contributed by atoms with Crippen LogP contribution in [0.1, 0.15) is 164 Å². The first-order chi connectivity index (χ1) is 53.8. The molecule has 10 N–H and O–H groups in total. The van der Waals surface area contributed by atoms with Gasteiger partial charge < -0.3 is 60.8 Å². The Balaban J connectivity index is 0.000000238. The zero-order valence-corrected chi connectivity index (χ0v) is 65.3. The molecule has 0 aliphatic heterocycles. The van der Waals surface area contributed by atoms with Crippen LogP contribution in [0.5, 0.6) is 0 Å². The van der Waals surface area contributed by atoms with E-state index < -0.39 is 93.7 Å². The Morgan fingerprint density at radius 3 is 1.14 bits per heavy atom. The number of nitrogens with one attached hydrogen (secondary N) is 10. The zero-order chi connectivity index (χ0) is 84.6. The number of Topliss-reactive ketones (excluding diaryl/α,β-unsaturated/α-hetero) is 4. The van der Waals surface area contributed by atoms with Gasteiger partial charge in [-0.15, -0.1) is 23.2 Å². The van der Waals surface area contributed by atoms with Gasteiger partial charge in [0, 0.05) is 91.3 Å². The molecular weight excluding hydrogens is 1520 g/mol.